The van der Waals surface area contributed by atoms with Crippen molar-refractivity contribution in [3.8, 4) is 0 Å². The van der Waals surface area contributed by atoms with Crippen LogP contribution in [0.15, 0.2) is 0 Å². The lowest BCUT2D eigenvalue weighted by atomic mass is 10.3. The Hall–Kier alpha value is -0.800. The molecule has 0 rings (SSSR count). The molecule has 6 heteroatoms. The van der Waals surface area contributed by atoms with Crippen molar-refractivity contribution in [2.75, 3.05) is 6.16 Å². The molecule has 56 valence electrons. The van der Waals surface area contributed by atoms with Crippen LogP contribution in [0.4, 0.5) is 0 Å². The quantitative estimate of drug-likeness (QED) is 0.346. The summed E-state index contributed by atoms with van der Waals surface area (Å²) in [5, 5.41) is 9.65. The van der Waals surface area contributed by atoms with Gasteiger partial charge in [-0.3, -0.25) is 4.79 Å². The van der Waals surface area contributed by atoms with E-state index in [1.807, 2.05) is 0 Å². The van der Waals surface area contributed by atoms with E-state index in [4.69, 9.17) is 0 Å². The highest BCUT2D eigenvalue weighted by Gasteiger charge is 2.07. The van der Waals surface area contributed by atoms with E-state index in [2.05, 4.69) is 0 Å². The summed E-state index contributed by atoms with van der Waals surface area (Å²) in [5.41, 5.74) is 0. The average molecular weight is 163 g/mol. The molecule has 1 atom stereocenters. The Morgan fingerprint density at radius 1 is 1.40 bits per heavy atom. The Morgan fingerprint density at radius 3 is 2.20 bits per heavy atom. The highest BCUT2D eigenvalue weighted by molar-refractivity contribution is 7.36. The smallest absolute Gasteiger partial charge is 0.309 e. The molecule has 0 aromatic carbocycles. The Bertz CT molecular complexity index is 174. The van der Waals surface area contributed by atoms with E-state index in [0.29, 0.717) is 0 Å². The molecule has 0 N–H and O–H groups in total. The van der Waals surface area contributed by atoms with E-state index in [0.717, 1.165) is 0 Å². The molecule has 0 heterocycles. The fourth-order valence-corrected chi connectivity index (χ4v) is 0.681. The van der Waals surface area contributed by atoms with Gasteiger partial charge in [0, 0.05) is 0 Å². The van der Waals surface area contributed by atoms with Gasteiger partial charge in [-0.25, -0.2) is 0 Å². The number of carboxylic acid groups (broad SMARTS) is 1. The highest BCUT2D eigenvalue weighted by atomic mass is 31.1. The van der Waals surface area contributed by atoms with Crippen LogP contribution in [0.3, 0.4) is 0 Å². The molecule has 0 aliphatic heterocycles. The molecule has 0 fully saturated rings. The molecule has 0 aromatic heterocycles. The van der Waals surface area contributed by atoms with E-state index in [9.17, 15) is 24.2 Å². The molecule has 10 heavy (non-hydrogen) atoms. The minimum absolute atomic E-state index is 0.428. The Labute approximate surface area is 57.5 Å². The first-order chi connectivity index (χ1) is 4.54. The Kier molecular flexibility index (Phi) is 3.76. The number of aliphatic carboxylic acids is 1. The predicted molar refractivity (Wildman–Crippen MR) is 27.1 cm³/mol. The first kappa shape index (κ1) is 9.20. The van der Waals surface area contributed by atoms with Crippen LogP contribution in [-0.2, 0) is 14.2 Å². The zero-order valence-electron chi connectivity index (χ0n) is 4.90. The lowest BCUT2D eigenvalue weighted by Gasteiger charge is -1.95. The van der Waals surface area contributed by atoms with Crippen molar-refractivity contribution in [1.82, 2.24) is 0 Å². The van der Waals surface area contributed by atoms with Gasteiger partial charge in [0.05, 0.1) is 6.42 Å². The molecular formula is C4H4O5P-. The molecule has 0 bridgehead atoms. The van der Waals surface area contributed by atoms with Crippen LogP contribution in [-0.4, -0.2) is 17.9 Å². The maximum Gasteiger partial charge on any atom is 0.309 e. The molecule has 0 amide bonds. The molecular weight excluding hydrogens is 159 g/mol. The van der Waals surface area contributed by atoms with Gasteiger partial charge in [-0.2, -0.15) is 0 Å². The third-order valence-electron chi connectivity index (χ3n) is 0.749. The molecule has 0 spiro atoms. The van der Waals surface area contributed by atoms with Crippen molar-refractivity contribution in [2.45, 2.75) is 6.42 Å². The van der Waals surface area contributed by atoms with Gasteiger partial charge in [-0.1, -0.05) is 4.57 Å². The maximum absolute atomic E-state index is 10.1. The predicted octanol–water partition coefficient (Wildman–Crippen LogP) is -2.20. The van der Waals surface area contributed by atoms with Crippen LogP contribution in [0.25, 0.3) is 0 Å². The summed E-state index contributed by atoms with van der Waals surface area (Å²) in [6.07, 6.45) is -0.927. The number of carbonyl (C=O) groups is 2. The number of Topliss-reactive ketones (excluding diaryl/α,β-unsaturated/α-hetero) is 1. The normalized spacial score (nSPS) is 10.7. The molecule has 5 nitrogen and oxygen atoms in total. The van der Waals surface area contributed by atoms with Crippen LogP contribution in [0.5, 0.6) is 0 Å². The minimum Gasteiger partial charge on any atom is -0.596 e. The Balaban J connectivity index is 3.60. The monoisotopic (exact) mass is 163 g/mol. The van der Waals surface area contributed by atoms with Gasteiger partial charge < -0.3 is 14.8 Å². The first-order valence-electron chi connectivity index (χ1n) is 2.40. The fraction of sp³-hybridized carbons (Fsp3) is 0.500. The van der Waals surface area contributed by atoms with Gasteiger partial charge in [0.1, 0.15) is 5.97 Å². The second-order valence-corrected chi connectivity index (χ2v) is 2.63. The van der Waals surface area contributed by atoms with E-state index < -0.39 is 32.4 Å². The largest absolute Gasteiger partial charge is 0.596 e. The summed E-state index contributed by atoms with van der Waals surface area (Å²) in [6.45, 7) is 0. The third-order valence-corrected chi connectivity index (χ3v) is 1.34. The van der Waals surface area contributed by atoms with Gasteiger partial charge in [0.15, 0.2) is 11.9 Å². The van der Waals surface area contributed by atoms with Crippen LogP contribution >= 0.6 is 8.03 Å². The second kappa shape index (κ2) is 4.09. The topological polar surface area (TPSA) is 97.3 Å². The summed E-state index contributed by atoms with van der Waals surface area (Å²) < 4.78 is 9.80. The van der Waals surface area contributed by atoms with E-state index >= 15 is 0 Å². The average Bonchev–Trinajstić information content (AvgIpc) is 1.82. The standard InChI is InChI=1S/C4H5O5P/c5-3(4(6)7)1-2-10(8)9/h1-2H2,(H,6,7)/p-1. The summed E-state index contributed by atoms with van der Waals surface area (Å²) in [6, 6.07) is 0. The van der Waals surface area contributed by atoms with E-state index in [-0.39, 0.29) is 0 Å². The van der Waals surface area contributed by atoms with Crippen molar-refractivity contribution < 1.29 is 24.2 Å². The van der Waals surface area contributed by atoms with E-state index in [1.54, 1.807) is 0 Å². The van der Waals surface area contributed by atoms with Gasteiger partial charge in [-0.05, 0) is 0 Å². The lowest BCUT2D eigenvalue weighted by Crippen LogP contribution is -2.31. The van der Waals surface area contributed by atoms with Crippen LogP contribution in [0.1, 0.15) is 6.42 Å². The zero-order valence-corrected chi connectivity index (χ0v) is 5.80. The summed E-state index contributed by atoms with van der Waals surface area (Å²) in [5.74, 6) is -3.02. The van der Waals surface area contributed by atoms with Gasteiger partial charge in [0.2, 0.25) is 0 Å². The number of ketones is 1. The van der Waals surface area contributed by atoms with Crippen molar-refractivity contribution in [3.05, 3.63) is 0 Å². The zero-order chi connectivity index (χ0) is 8.15. The number of carboxylic acids is 1. The van der Waals surface area contributed by atoms with Crippen LogP contribution < -0.4 is 10.00 Å². The van der Waals surface area contributed by atoms with Crippen molar-refractivity contribution in [2.24, 2.45) is 0 Å². The summed E-state index contributed by atoms with van der Waals surface area (Å²) in [4.78, 5) is 29.6. The van der Waals surface area contributed by atoms with Crippen molar-refractivity contribution in [1.29, 1.82) is 0 Å². The highest BCUT2D eigenvalue weighted by Crippen LogP contribution is 2.07. The number of rotatable bonds is 4. The Morgan fingerprint density at radius 2 is 1.90 bits per heavy atom. The van der Waals surface area contributed by atoms with Crippen molar-refractivity contribution >= 4 is 19.8 Å². The first-order valence-corrected chi connectivity index (χ1v) is 3.76. The molecule has 0 aromatic rings. The summed E-state index contributed by atoms with van der Waals surface area (Å²) >= 11 is 0. The third kappa shape index (κ3) is 4.12. The lowest BCUT2D eigenvalue weighted by molar-refractivity contribution is -0.299. The number of hydrogen-bond donors (Lipinski definition) is 0. The van der Waals surface area contributed by atoms with Crippen molar-refractivity contribution in [3.63, 3.8) is 0 Å². The molecule has 0 saturated carbocycles. The maximum atomic E-state index is 10.1. The number of carbonyl (C=O) groups excluding carboxylic acids is 2. The van der Waals surface area contributed by atoms with Crippen LogP contribution in [0, 0.1) is 0 Å². The van der Waals surface area contributed by atoms with Crippen LogP contribution in [0.2, 0.25) is 0 Å². The minimum atomic E-state index is -2.67. The number of hydrogen-bond acceptors (Lipinski definition) is 5. The molecule has 0 aliphatic carbocycles. The van der Waals surface area contributed by atoms with Gasteiger partial charge >= 0.3 is 8.03 Å². The molecule has 0 radical (unpaired) electrons. The summed E-state index contributed by atoms with van der Waals surface area (Å²) in [7, 11) is -2.67. The van der Waals surface area contributed by atoms with E-state index in [1.165, 1.54) is 0 Å². The fourth-order valence-electron chi connectivity index (χ4n) is 0.295. The second-order valence-electron chi connectivity index (χ2n) is 1.52. The molecule has 0 aliphatic rings. The van der Waals surface area contributed by atoms with Gasteiger partial charge in [-0.15, -0.1) is 0 Å². The van der Waals surface area contributed by atoms with Gasteiger partial charge in [0.25, 0.3) is 0 Å². The SMILES string of the molecule is O=C([O-])C(=O)CC[P+](=O)[O-]. The molecule has 1 unspecified atom stereocenters. The molecule has 0 saturated heterocycles.